The highest BCUT2D eigenvalue weighted by molar-refractivity contribution is 7.88. The first-order chi connectivity index (χ1) is 9.64. The average molecular weight is 323 g/mol. The second kappa shape index (κ2) is 4.95. The molecule has 2 aromatic rings. The number of hydrogen-bond donors (Lipinski definition) is 1. The first-order valence-electron chi connectivity index (χ1n) is 5.40. The van der Waals surface area contributed by atoms with E-state index in [0.29, 0.717) is 0 Å². The van der Waals surface area contributed by atoms with Crippen LogP contribution in [0, 0.1) is 0 Å². The predicted octanol–water partition coefficient (Wildman–Crippen LogP) is 2.02. The van der Waals surface area contributed by atoms with Crippen LogP contribution in [-0.2, 0) is 10.1 Å². The Labute approximate surface area is 116 Å². The van der Waals surface area contributed by atoms with Crippen LogP contribution in [0.5, 0.6) is 5.75 Å². The van der Waals surface area contributed by atoms with Crippen molar-refractivity contribution >= 4 is 27.0 Å². The Hall–Kier alpha value is -2.23. The van der Waals surface area contributed by atoms with Gasteiger partial charge in [-0.2, -0.15) is 21.6 Å². The van der Waals surface area contributed by atoms with Crippen LogP contribution >= 0.6 is 0 Å². The van der Waals surface area contributed by atoms with Crippen LogP contribution in [0.3, 0.4) is 0 Å². The Morgan fingerprint density at radius 1 is 1.29 bits per heavy atom. The van der Waals surface area contributed by atoms with E-state index in [1.807, 2.05) is 0 Å². The maximum atomic E-state index is 12.2. The van der Waals surface area contributed by atoms with Gasteiger partial charge in [0.15, 0.2) is 5.76 Å². The Kier molecular flexibility index (Phi) is 3.58. The number of halogens is 3. The number of fused-ring (bicyclic) bond motifs is 1. The quantitative estimate of drug-likeness (QED) is 0.690. The van der Waals surface area contributed by atoms with Gasteiger partial charge in [-0.1, -0.05) is 0 Å². The fourth-order valence-corrected chi connectivity index (χ4v) is 1.93. The fraction of sp³-hybridized carbons (Fsp3) is 0.182. The van der Waals surface area contributed by atoms with Gasteiger partial charge in [0, 0.05) is 12.4 Å². The zero-order chi connectivity index (χ0) is 15.8. The molecule has 0 unspecified atom stereocenters. The third kappa shape index (κ3) is 2.94. The summed E-state index contributed by atoms with van der Waals surface area (Å²) in [7, 11) is -4.37. The highest BCUT2D eigenvalue weighted by Crippen LogP contribution is 2.29. The van der Waals surface area contributed by atoms with E-state index < -0.39 is 27.3 Å². The van der Waals surface area contributed by atoms with Gasteiger partial charge in [-0.05, 0) is 24.3 Å². The van der Waals surface area contributed by atoms with Crippen LogP contribution in [0.2, 0.25) is 0 Å². The number of alkyl halides is 3. The van der Waals surface area contributed by atoms with Gasteiger partial charge in [-0.25, -0.2) is 0 Å². The maximum absolute atomic E-state index is 12.2. The number of carbonyl (C=O) groups excluding carboxylic acids is 1. The lowest BCUT2D eigenvalue weighted by molar-refractivity contribution is -0.0500. The highest BCUT2D eigenvalue weighted by Gasteiger charge is 2.48. The molecule has 0 atom stereocenters. The van der Waals surface area contributed by atoms with Crippen molar-refractivity contribution in [3.05, 3.63) is 30.0 Å². The SMILES string of the molecule is CNC(=O)c1cc2cc(OS(=O)(=O)C(F)(F)F)ccc2o1. The van der Waals surface area contributed by atoms with Crippen molar-refractivity contribution in [3.8, 4) is 5.75 Å². The number of hydrogen-bond acceptors (Lipinski definition) is 5. The van der Waals surface area contributed by atoms with Crippen LogP contribution in [0.1, 0.15) is 10.6 Å². The minimum atomic E-state index is -5.74. The van der Waals surface area contributed by atoms with E-state index in [-0.39, 0.29) is 16.7 Å². The molecule has 21 heavy (non-hydrogen) atoms. The summed E-state index contributed by atoms with van der Waals surface area (Å²) >= 11 is 0. The second-order valence-electron chi connectivity index (χ2n) is 3.87. The molecule has 0 saturated carbocycles. The molecule has 6 nitrogen and oxygen atoms in total. The van der Waals surface area contributed by atoms with Crippen molar-refractivity contribution in [2.45, 2.75) is 5.51 Å². The van der Waals surface area contributed by atoms with Crippen molar-refractivity contribution in [1.29, 1.82) is 0 Å². The molecular weight excluding hydrogens is 315 g/mol. The van der Waals surface area contributed by atoms with Gasteiger partial charge in [-0.15, -0.1) is 0 Å². The van der Waals surface area contributed by atoms with Crippen LogP contribution in [-0.4, -0.2) is 26.9 Å². The van der Waals surface area contributed by atoms with E-state index in [1.165, 1.54) is 19.2 Å². The summed E-state index contributed by atoms with van der Waals surface area (Å²) in [6.45, 7) is 0. The lowest BCUT2D eigenvalue weighted by Gasteiger charge is -2.08. The molecule has 1 aromatic heterocycles. The molecule has 0 saturated heterocycles. The first-order valence-corrected chi connectivity index (χ1v) is 6.81. The van der Waals surface area contributed by atoms with Crippen molar-refractivity contribution in [1.82, 2.24) is 5.32 Å². The van der Waals surface area contributed by atoms with Crippen molar-refractivity contribution in [2.24, 2.45) is 0 Å². The Morgan fingerprint density at radius 2 is 1.95 bits per heavy atom. The zero-order valence-corrected chi connectivity index (χ0v) is 11.2. The van der Waals surface area contributed by atoms with E-state index in [2.05, 4.69) is 9.50 Å². The molecule has 0 aliphatic heterocycles. The lowest BCUT2D eigenvalue weighted by atomic mass is 10.2. The molecule has 0 radical (unpaired) electrons. The zero-order valence-electron chi connectivity index (χ0n) is 10.4. The normalized spacial score (nSPS) is 12.4. The molecule has 0 fully saturated rings. The average Bonchev–Trinajstić information content (AvgIpc) is 2.79. The lowest BCUT2D eigenvalue weighted by Crippen LogP contribution is -2.27. The van der Waals surface area contributed by atoms with Crippen molar-refractivity contribution in [2.75, 3.05) is 7.05 Å². The van der Waals surface area contributed by atoms with E-state index in [9.17, 15) is 26.4 Å². The summed E-state index contributed by atoms with van der Waals surface area (Å²) in [6, 6.07) is 4.46. The molecule has 114 valence electrons. The van der Waals surface area contributed by atoms with E-state index in [4.69, 9.17) is 4.42 Å². The van der Waals surface area contributed by atoms with E-state index in [0.717, 1.165) is 12.1 Å². The molecule has 0 aliphatic carbocycles. The highest BCUT2D eigenvalue weighted by atomic mass is 32.2. The smallest absolute Gasteiger partial charge is 0.451 e. The molecule has 0 bridgehead atoms. The van der Waals surface area contributed by atoms with Crippen LogP contribution in [0.15, 0.2) is 28.7 Å². The number of benzene rings is 1. The number of nitrogens with one attached hydrogen (secondary N) is 1. The minimum Gasteiger partial charge on any atom is -0.451 e. The summed E-state index contributed by atoms with van der Waals surface area (Å²) in [6.07, 6.45) is 0. The molecule has 1 amide bonds. The summed E-state index contributed by atoms with van der Waals surface area (Å²) in [5.41, 5.74) is -5.32. The van der Waals surface area contributed by atoms with Gasteiger partial charge in [0.2, 0.25) is 0 Å². The number of rotatable bonds is 3. The number of amides is 1. The van der Waals surface area contributed by atoms with Crippen LogP contribution in [0.25, 0.3) is 11.0 Å². The third-order valence-electron chi connectivity index (χ3n) is 2.43. The molecular formula is C11H8F3NO5S. The van der Waals surface area contributed by atoms with Gasteiger partial charge >= 0.3 is 15.6 Å². The summed E-state index contributed by atoms with van der Waals surface area (Å²) < 4.78 is 67.5. The van der Waals surface area contributed by atoms with Gasteiger partial charge in [0.1, 0.15) is 11.3 Å². The molecule has 0 aliphatic rings. The molecule has 1 heterocycles. The maximum Gasteiger partial charge on any atom is 0.534 e. The topological polar surface area (TPSA) is 85.6 Å². The molecule has 1 aromatic carbocycles. The molecule has 2 rings (SSSR count). The standard InChI is InChI=1S/C11H8F3NO5S/c1-15-10(16)9-5-6-4-7(2-3-8(6)19-9)20-21(17,18)11(12,13)14/h2-5H,1H3,(H,15,16). The predicted molar refractivity (Wildman–Crippen MR) is 65.2 cm³/mol. The number of carbonyl (C=O) groups is 1. The summed E-state index contributed by atoms with van der Waals surface area (Å²) in [5.74, 6) is -1.14. The van der Waals surface area contributed by atoms with Crippen LogP contribution in [0.4, 0.5) is 13.2 Å². The van der Waals surface area contributed by atoms with Crippen molar-refractivity contribution < 1.29 is 35.0 Å². The monoisotopic (exact) mass is 323 g/mol. The molecule has 0 spiro atoms. The number of furan rings is 1. The Morgan fingerprint density at radius 3 is 2.52 bits per heavy atom. The van der Waals surface area contributed by atoms with Gasteiger partial charge in [0.05, 0.1) is 0 Å². The Balaban J connectivity index is 2.38. The third-order valence-corrected chi connectivity index (χ3v) is 3.41. The summed E-state index contributed by atoms with van der Waals surface area (Å²) in [5, 5.41) is 2.53. The fourth-order valence-electron chi connectivity index (χ4n) is 1.48. The van der Waals surface area contributed by atoms with Gasteiger partial charge in [0.25, 0.3) is 5.91 Å². The molecule has 1 N–H and O–H groups in total. The van der Waals surface area contributed by atoms with E-state index in [1.54, 1.807) is 0 Å². The summed E-state index contributed by atoms with van der Waals surface area (Å²) in [4.78, 5) is 11.3. The minimum absolute atomic E-state index is 0.0664. The molecule has 10 heteroatoms. The van der Waals surface area contributed by atoms with Crippen LogP contribution < -0.4 is 9.50 Å². The van der Waals surface area contributed by atoms with Gasteiger partial charge in [-0.3, -0.25) is 4.79 Å². The van der Waals surface area contributed by atoms with Crippen molar-refractivity contribution in [3.63, 3.8) is 0 Å². The van der Waals surface area contributed by atoms with E-state index >= 15 is 0 Å². The van der Waals surface area contributed by atoms with Gasteiger partial charge < -0.3 is 13.9 Å². The largest absolute Gasteiger partial charge is 0.534 e. The second-order valence-corrected chi connectivity index (χ2v) is 5.41. The first kappa shape index (κ1) is 15.2. The Bertz CT molecular complexity index is 794.